The molecule has 0 spiro atoms. The second-order valence-electron chi connectivity index (χ2n) is 3.51. The average Bonchev–Trinajstić information content (AvgIpc) is 2.80. The first-order valence-corrected chi connectivity index (χ1v) is 6.07. The van der Waals surface area contributed by atoms with Crippen molar-refractivity contribution in [3.8, 4) is 0 Å². The fourth-order valence-corrected chi connectivity index (χ4v) is 2.09. The lowest BCUT2D eigenvalue weighted by molar-refractivity contribution is 0.124. The summed E-state index contributed by atoms with van der Waals surface area (Å²) in [5.74, 6) is -0.206. The smallest absolute Gasteiger partial charge is 0.123 e. The van der Waals surface area contributed by atoms with Gasteiger partial charge in [-0.2, -0.15) is 0 Å². The molecular formula is C13H13FOS. The monoisotopic (exact) mass is 236 g/mol. The van der Waals surface area contributed by atoms with E-state index in [0.29, 0.717) is 13.2 Å². The van der Waals surface area contributed by atoms with E-state index in [-0.39, 0.29) is 5.82 Å². The molecular weight excluding hydrogens is 223 g/mol. The van der Waals surface area contributed by atoms with Crippen molar-refractivity contribution >= 4 is 11.3 Å². The van der Waals surface area contributed by atoms with Crippen LogP contribution in [-0.2, 0) is 17.8 Å². The number of hydrogen-bond acceptors (Lipinski definition) is 2. The third kappa shape index (κ3) is 3.43. The van der Waals surface area contributed by atoms with Gasteiger partial charge in [-0.25, -0.2) is 4.39 Å². The standard InChI is InChI=1S/C13H13FOS/c14-12-5-3-11(4-6-12)10-15-8-7-13-2-1-9-16-13/h1-6,9H,7-8,10H2. The van der Waals surface area contributed by atoms with Gasteiger partial charge in [0.1, 0.15) is 5.82 Å². The molecule has 0 saturated heterocycles. The summed E-state index contributed by atoms with van der Waals surface area (Å²) in [4.78, 5) is 1.33. The van der Waals surface area contributed by atoms with Gasteiger partial charge in [0.2, 0.25) is 0 Å². The number of hydrogen-bond donors (Lipinski definition) is 0. The molecule has 1 nitrogen and oxygen atoms in total. The summed E-state index contributed by atoms with van der Waals surface area (Å²) in [6.07, 6.45) is 0.943. The molecule has 0 atom stereocenters. The van der Waals surface area contributed by atoms with Gasteiger partial charge in [-0.15, -0.1) is 11.3 Å². The second kappa shape index (κ2) is 5.77. The van der Waals surface area contributed by atoms with Crippen molar-refractivity contribution in [1.29, 1.82) is 0 Å². The largest absolute Gasteiger partial charge is 0.376 e. The van der Waals surface area contributed by atoms with Crippen molar-refractivity contribution in [2.24, 2.45) is 0 Å². The Kier molecular flexibility index (Phi) is 4.08. The van der Waals surface area contributed by atoms with Crippen LogP contribution in [0, 0.1) is 5.82 Å². The van der Waals surface area contributed by atoms with Crippen LogP contribution in [0.4, 0.5) is 4.39 Å². The van der Waals surface area contributed by atoms with Crippen LogP contribution in [0.3, 0.4) is 0 Å². The van der Waals surface area contributed by atoms with Crippen LogP contribution in [0.15, 0.2) is 41.8 Å². The molecule has 0 saturated carbocycles. The summed E-state index contributed by atoms with van der Waals surface area (Å²) in [6.45, 7) is 1.25. The van der Waals surface area contributed by atoms with E-state index in [9.17, 15) is 4.39 Å². The molecule has 0 amide bonds. The van der Waals surface area contributed by atoms with Crippen LogP contribution < -0.4 is 0 Å². The molecule has 0 radical (unpaired) electrons. The predicted molar refractivity (Wildman–Crippen MR) is 64.1 cm³/mol. The van der Waals surface area contributed by atoms with Crippen LogP contribution in [0.5, 0.6) is 0 Å². The Morgan fingerprint density at radius 3 is 2.62 bits per heavy atom. The van der Waals surface area contributed by atoms with E-state index in [1.54, 1.807) is 23.5 Å². The van der Waals surface area contributed by atoms with E-state index in [1.165, 1.54) is 17.0 Å². The van der Waals surface area contributed by atoms with Gasteiger partial charge in [0.25, 0.3) is 0 Å². The minimum atomic E-state index is -0.206. The summed E-state index contributed by atoms with van der Waals surface area (Å²) in [6, 6.07) is 10.6. The third-order valence-corrected chi connectivity index (χ3v) is 3.19. The van der Waals surface area contributed by atoms with Crippen LogP contribution in [0.1, 0.15) is 10.4 Å². The molecule has 84 valence electrons. The third-order valence-electron chi connectivity index (χ3n) is 2.25. The summed E-state index contributed by atoms with van der Waals surface area (Å²) in [5.41, 5.74) is 1.01. The molecule has 0 fully saturated rings. The van der Waals surface area contributed by atoms with Crippen LogP contribution in [0.2, 0.25) is 0 Å². The Morgan fingerprint density at radius 2 is 1.94 bits per heavy atom. The first-order valence-electron chi connectivity index (χ1n) is 5.19. The lowest BCUT2D eigenvalue weighted by Crippen LogP contribution is -1.97. The number of benzene rings is 1. The van der Waals surface area contributed by atoms with Crippen LogP contribution in [0.25, 0.3) is 0 Å². The number of halogens is 1. The van der Waals surface area contributed by atoms with Crippen LogP contribution in [-0.4, -0.2) is 6.61 Å². The highest BCUT2D eigenvalue weighted by molar-refractivity contribution is 7.09. The van der Waals surface area contributed by atoms with E-state index >= 15 is 0 Å². The van der Waals surface area contributed by atoms with Gasteiger partial charge in [-0.05, 0) is 29.1 Å². The van der Waals surface area contributed by atoms with Crippen molar-refractivity contribution in [1.82, 2.24) is 0 Å². The minimum Gasteiger partial charge on any atom is -0.376 e. The van der Waals surface area contributed by atoms with Gasteiger partial charge < -0.3 is 4.74 Å². The predicted octanol–water partition coefficient (Wildman–Crippen LogP) is 3.65. The molecule has 0 aliphatic rings. The Hall–Kier alpha value is -1.19. The van der Waals surface area contributed by atoms with Gasteiger partial charge in [0.15, 0.2) is 0 Å². The summed E-state index contributed by atoms with van der Waals surface area (Å²) in [5, 5.41) is 2.06. The number of thiophene rings is 1. The first-order chi connectivity index (χ1) is 7.84. The number of rotatable bonds is 5. The molecule has 0 bridgehead atoms. The van der Waals surface area contributed by atoms with Crippen molar-refractivity contribution < 1.29 is 9.13 Å². The van der Waals surface area contributed by atoms with Gasteiger partial charge in [-0.3, -0.25) is 0 Å². The maximum absolute atomic E-state index is 12.6. The molecule has 2 rings (SSSR count). The topological polar surface area (TPSA) is 9.23 Å². The molecule has 0 N–H and O–H groups in total. The Bertz CT molecular complexity index is 408. The fraction of sp³-hybridized carbons (Fsp3) is 0.231. The maximum atomic E-state index is 12.6. The van der Waals surface area contributed by atoms with Gasteiger partial charge in [0.05, 0.1) is 13.2 Å². The van der Waals surface area contributed by atoms with E-state index in [4.69, 9.17) is 4.74 Å². The molecule has 3 heteroatoms. The molecule has 0 aliphatic heterocycles. The van der Waals surface area contributed by atoms with E-state index in [0.717, 1.165) is 12.0 Å². The van der Waals surface area contributed by atoms with E-state index in [1.807, 2.05) is 6.07 Å². The van der Waals surface area contributed by atoms with Gasteiger partial charge in [0, 0.05) is 11.3 Å². The molecule has 2 aromatic rings. The molecule has 1 aromatic carbocycles. The molecule has 1 heterocycles. The fourth-order valence-electron chi connectivity index (χ4n) is 1.40. The molecule has 0 unspecified atom stereocenters. The SMILES string of the molecule is Fc1ccc(COCCc2cccs2)cc1. The van der Waals surface area contributed by atoms with Crippen molar-refractivity contribution in [3.63, 3.8) is 0 Å². The second-order valence-corrected chi connectivity index (χ2v) is 4.54. The quantitative estimate of drug-likeness (QED) is 0.720. The van der Waals surface area contributed by atoms with Crippen LogP contribution >= 0.6 is 11.3 Å². The molecule has 0 aliphatic carbocycles. The van der Waals surface area contributed by atoms with E-state index in [2.05, 4.69) is 11.4 Å². The normalized spacial score (nSPS) is 10.6. The summed E-state index contributed by atoms with van der Waals surface area (Å²) < 4.78 is 18.1. The zero-order chi connectivity index (χ0) is 11.2. The Morgan fingerprint density at radius 1 is 1.12 bits per heavy atom. The number of ether oxygens (including phenoxy) is 1. The van der Waals surface area contributed by atoms with E-state index < -0.39 is 0 Å². The van der Waals surface area contributed by atoms with Crippen molar-refractivity contribution in [3.05, 3.63) is 58.0 Å². The minimum absolute atomic E-state index is 0.206. The first kappa shape index (κ1) is 11.3. The molecule has 16 heavy (non-hydrogen) atoms. The lowest BCUT2D eigenvalue weighted by Gasteiger charge is -2.03. The summed E-state index contributed by atoms with van der Waals surface area (Å²) >= 11 is 1.74. The van der Waals surface area contributed by atoms with Gasteiger partial charge >= 0.3 is 0 Å². The highest BCUT2D eigenvalue weighted by Gasteiger charge is 1.96. The van der Waals surface area contributed by atoms with Crippen molar-refractivity contribution in [2.45, 2.75) is 13.0 Å². The highest BCUT2D eigenvalue weighted by Crippen LogP contribution is 2.10. The molecule has 1 aromatic heterocycles. The van der Waals surface area contributed by atoms with Crippen molar-refractivity contribution in [2.75, 3.05) is 6.61 Å². The van der Waals surface area contributed by atoms with Gasteiger partial charge in [-0.1, -0.05) is 18.2 Å². The Balaban J connectivity index is 1.70. The zero-order valence-corrected chi connectivity index (χ0v) is 9.67. The zero-order valence-electron chi connectivity index (χ0n) is 8.86. The Labute approximate surface area is 98.5 Å². The average molecular weight is 236 g/mol. The maximum Gasteiger partial charge on any atom is 0.123 e. The lowest BCUT2D eigenvalue weighted by atomic mass is 10.2. The highest BCUT2D eigenvalue weighted by atomic mass is 32.1. The summed E-state index contributed by atoms with van der Waals surface area (Å²) in [7, 11) is 0.